The van der Waals surface area contributed by atoms with Gasteiger partial charge >= 0.3 is 5.69 Å². The quantitative estimate of drug-likeness (QED) is 0.317. The van der Waals surface area contributed by atoms with Crippen molar-refractivity contribution in [3.8, 4) is 28.6 Å². The maximum atomic E-state index is 13.4. The molecule has 0 aliphatic carbocycles. The molecule has 0 atom stereocenters. The molecule has 0 saturated carbocycles. The number of fused-ring (bicyclic) bond motifs is 1. The van der Waals surface area contributed by atoms with Crippen LogP contribution in [0.4, 0.5) is 5.69 Å². The predicted octanol–water partition coefficient (Wildman–Crippen LogP) is 3.43. The lowest BCUT2D eigenvalue weighted by atomic mass is 10.1. The summed E-state index contributed by atoms with van der Waals surface area (Å²) >= 11 is 1.12. The summed E-state index contributed by atoms with van der Waals surface area (Å²) in [5.74, 6) is -0.717. The van der Waals surface area contributed by atoms with Crippen molar-refractivity contribution in [1.29, 1.82) is 0 Å². The van der Waals surface area contributed by atoms with Gasteiger partial charge in [0.1, 0.15) is 15.5 Å². The van der Waals surface area contributed by atoms with Gasteiger partial charge in [-0.25, -0.2) is 4.98 Å². The highest BCUT2D eigenvalue weighted by Gasteiger charge is 2.32. The summed E-state index contributed by atoms with van der Waals surface area (Å²) < 4.78 is 11.4. The fraction of sp³-hybridized carbons (Fsp3) is 0.0833. The average molecular weight is 458 g/mol. The number of thiophene rings is 1. The van der Waals surface area contributed by atoms with Gasteiger partial charge in [0, 0.05) is 23.1 Å². The molecule has 0 bridgehead atoms. The molecule has 0 unspecified atom stereocenters. The molecule has 5 aromatic rings. The number of hydrogen-bond donors (Lipinski definition) is 1. The topological polar surface area (TPSA) is 118 Å². The zero-order valence-corrected chi connectivity index (χ0v) is 18.6. The molecule has 164 valence electrons. The molecule has 8 nitrogen and oxygen atoms in total. The van der Waals surface area contributed by atoms with E-state index in [0.29, 0.717) is 27.3 Å². The van der Waals surface area contributed by atoms with Crippen LogP contribution in [0.5, 0.6) is 11.7 Å². The lowest BCUT2D eigenvalue weighted by molar-refractivity contribution is -0.672. The van der Waals surface area contributed by atoms with Crippen LogP contribution in [-0.4, -0.2) is 23.1 Å². The van der Waals surface area contributed by atoms with Crippen molar-refractivity contribution in [1.82, 2.24) is 10.3 Å². The Bertz CT molecular complexity index is 1510. The monoisotopic (exact) mass is 458 g/mol. The molecule has 0 aliphatic heterocycles. The number of para-hydroxylation sites is 1. The van der Waals surface area contributed by atoms with Crippen LogP contribution >= 0.6 is 11.3 Å². The van der Waals surface area contributed by atoms with Crippen molar-refractivity contribution in [3.05, 3.63) is 76.8 Å². The molecule has 0 saturated heterocycles. The largest absolute Gasteiger partial charge is 0.539 e. The molecule has 0 fully saturated rings. The van der Waals surface area contributed by atoms with E-state index in [4.69, 9.17) is 20.0 Å². The molecule has 33 heavy (non-hydrogen) atoms. The maximum absolute atomic E-state index is 13.4. The number of ketones is 1. The number of carbonyl (C=O) groups excluding carboxylic acids is 1. The third kappa shape index (κ3) is 3.48. The maximum Gasteiger partial charge on any atom is 0.312 e. The van der Waals surface area contributed by atoms with Gasteiger partial charge in [0.2, 0.25) is 5.69 Å². The molecule has 0 radical (unpaired) electrons. The van der Waals surface area contributed by atoms with Crippen molar-refractivity contribution >= 4 is 33.0 Å². The van der Waals surface area contributed by atoms with Crippen LogP contribution in [-0.2, 0) is 0 Å². The zero-order valence-electron chi connectivity index (χ0n) is 17.7. The van der Waals surface area contributed by atoms with Crippen LogP contribution in [0.2, 0.25) is 0 Å². The number of anilines is 1. The Kier molecular flexibility index (Phi) is 5.02. The second-order valence-electron chi connectivity index (χ2n) is 7.38. The number of benzene rings is 2. The predicted molar refractivity (Wildman–Crippen MR) is 122 cm³/mol. The van der Waals surface area contributed by atoms with Gasteiger partial charge in [0.25, 0.3) is 5.78 Å². The summed E-state index contributed by atoms with van der Waals surface area (Å²) in [6, 6.07) is 18.4. The van der Waals surface area contributed by atoms with Crippen LogP contribution < -0.4 is 20.3 Å². The van der Waals surface area contributed by atoms with Crippen LogP contribution in [0.25, 0.3) is 27.2 Å². The van der Waals surface area contributed by atoms with E-state index >= 15 is 0 Å². The molecule has 9 heteroatoms. The van der Waals surface area contributed by atoms with Crippen LogP contribution in [0.1, 0.15) is 20.9 Å². The zero-order chi connectivity index (χ0) is 23.1. The van der Waals surface area contributed by atoms with Gasteiger partial charge in [-0.05, 0) is 35.9 Å². The molecule has 3 heterocycles. The van der Waals surface area contributed by atoms with E-state index in [2.05, 4.69) is 5.27 Å². The van der Waals surface area contributed by atoms with Gasteiger partial charge in [0.05, 0.1) is 23.8 Å². The van der Waals surface area contributed by atoms with E-state index in [1.165, 1.54) is 4.68 Å². The number of aryl methyl sites for hydroxylation is 1. The van der Waals surface area contributed by atoms with Gasteiger partial charge in [-0.3, -0.25) is 4.79 Å². The first-order chi connectivity index (χ1) is 16.0. The molecule has 2 aromatic carbocycles. The minimum Gasteiger partial charge on any atom is -0.539 e. The number of pyridine rings is 1. The Morgan fingerprint density at radius 3 is 2.64 bits per heavy atom. The highest BCUT2D eigenvalue weighted by atomic mass is 32.1. The average Bonchev–Trinajstić information content (AvgIpc) is 3.38. The summed E-state index contributed by atoms with van der Waals surface area (Å²) in [7, 11) is 1.60. The standard InChI is InChI=1S/C24H18N4O4S/c1-13-7-9-14(10-8-13)28-20(24(30)32-27-28)21(29)22-19(25)16-11-12-17(26-23(16)33-22)15-5-3-4-6-18(15)31-2/h3-12H,1-2H3,(H2-,25,27,29,30). The van der Waals surface area contributed by atoms with Crippen molar-refractivity contribution in [3.63, 3.8) is 0 Å². The number of nitrogens with two attached hydrogens (primary N) is 1. The highest BCUT2D eigenvalue weighted by molar-refractivity contribution is 7.21. The first kappa shape index (κ1) is 20.7. The van der Waals surface area contributed by atoms with Crippen LogP contribution in [0, 0.1) is 6.92 Å². The fourth-order valence-corrected chi connectivity index (χ4v) is 4.61. The van der Waals surface area contributed by atoms with Gasteiger partial charge in [-0.2, -0.15) is 0 Å². The molecular weight excluding hydrogens is 440 g/mol. The van der Waals surface area contributed by atoms with Crippen molar-refractivity contribution in [2.75, 3.05) is 12.8 Å². The number of aromatic nitrogens is 3. The van der Waals surface area contributed by atoms with Crippen molar-refractivity contribution in [2.45, 2.75) is 6.92 Å². The molecule has 0 aliphatic rings. The van der Waals surface area contributed by atoms with Gasteiger partial charge in [-0.15, -0.1) is 11.3 Å². The summed E-state index contributed by atoms with van der Waals surface area (Å²) in [4.78, 5) is 18.9. The highest BCUT2D eigenvalue weighted by Crippen LogP contribution is 2.37. The Morgan fingerprint density at radius 1 is 1.12 bits per heavy atom. The van der Waals surface area contributed by atoms with E-state index in [9.17, 15) is 9.90 Å². The number of methoxy groups -OCH3 is 1. The van der Waals surface area contributed by atoms with E-state index in [1.807, 2.05) is 55.5 Å². The number of rotatable bonds is 5. The minimum atomic E-state index is -0.833. The number of carbonyl (C=O) groups is 1. The SMILES string of the molecule is COc1ccccc1-c1ccc2c(N)c(C(=O)c3c([O-])on[n+]3-c3ccc(C)cc3)sc2n1. The summed E-state index contributed by atoms with van der Waals surface area (Å²) in [5, 5.41) is 16.8. The lowest BCUT2D eigenvalue weighted by Crippen LogP contribution is -2.39. The van der Waals surface area contributed by atoms with Crippen molar-refractivity contribution < 1.29 is 23.8 Å². The number of hydrogen-bond acceptors (Lipinski definition) is 8. The van der Waals surface area contributed by atoms with Crippen LogP contribution in [0.3, 0.4) is 0 Å². The Balaban J connectivity index is 1.60. The number of nitrogens with zero attached hydrogens (tertiary/aromatic N) is 3. The van der Waals surface area contributed by atoms with E-state index in [1.54, 1.807) is 19.2 Å². The Morgan fingerprint density at radius 2 is 1.88 bits per heavy atom. The Hall–Kier alpha value is -4.24. The summed E-state index contributed by atoms with van der Waals surface area (Å²) in [5.41, 5.74) is 9.42. The van der Waals surface area contributed by atoms with Gasteiger partial charge < -0.3 is 20.1 Å². The van der Waals surface area contributed by atoms with E-state index < -0.39 is 11.7 Å². The molecule has 3 aromatic heterocycles. The smallest absolute Gasteiger partial charge is 0.312 e. The molecule has 5 rings (SSSR count). The van der Waals surface area contributed by atoms with Crippen molar-refractivity contribution in [2.24, 2.45) is 0 Å². The van der Waals surface area contributed by atoms with Gasteiger partial charge in [-0.1, -0.05) is 29.8 Å². The normalized spacial score (nSPS) is 11.1. The number of ether oxygens (including phenoxy) is 1. The number of nitrogen functional groups attached to an aromatic ring is 1. The van der Waals surface area contributed by atoms with Crippen LogP contribution in [0.15, 0.2) is 65.2 Å². The minimum absolute atomic E-state index is 0.204. The second-order valence-corrected chi connectivity index (χ2v) is 8.38. The van der Waals surface area contributed by atoms with E-state index in [-0.39, 0.29) is 16.3 Å². The third-order valence-corrected chi connectivity index (χ3v) is 6.40. The lowest BCUT2D eigenvalue weighted by Gasteiger charge is -2.07. The first-order valence-corrected chi connectivity index (χ1v) is 10.8. The second kappa shape index (κ2) is 8.03. The molecule has 0 amide bonds. The van der Waals surface area contributed by atoms with E-state index in [0.717, 1.165) is 22.5 Å². The fourth-order valence-electron chi connectivity index (χ4n) is 3.58. The first-order valence-electron chi connectivity index (χ1n) is 10.0. The third-order valence-electron chi connectivity index (χ3n) is 5.29. The summed E-state index contributed by atoms with van der Waals surface area (Å²) in [6.07, 6.45) is 0. The Labute approximate surface area is 192 Å². The van der Waals surface area contributed by atoms with Gasteiger partial charge in [0.15, 0.2) is 5.95 Å². The molecule has 2 N–H and O–H groups in total. The summed E-state index contributed by atoms with van der Waals surface area (Å²) in [6.45, 7) is 1.94. The molecule has 0 spiro atoms. The molecular formula is C24H18N4O4S.